The van der Waals surface area contributed by atoms with Gasteiger partial charge in [0.15, 0.2) is 5.69 Å². The first-order valence-corrected chi connectivity index (χ1v) is 5.97. The van der Waals surface area contributed by atoms with E-state index in [-0.39, 0.29) is 11.4 Å². The van der Waals surface area contributed by atoms with Gasteiger partial charge in [0.2, 0.25) is 0 Å². The van der Waals surface area contributed by atoms with E-state index in [9.17, 15) is 4.79 Å². The zero-order valence-corrected chi connectivity index (χ0v) is 10.8. The van der Waals surface area contributed by atoms with Gasteiger partial charge in [0.1, 0.15) is 0 Å². The molecule has 2 heterocycles. The first-order valence-electron chi connectivity index (χ1n) is 5.97. The van der Waals surface area contributed by atoms with Crippen molar-refractivity contribution >= 4 is 22.4 Å². The van der Waals surface area contributed by atoms with Crippen molar-refractivity contribution in [2.75, 3.05) is 12.8 Å². The monoisotopic (exact) mass is 268 g/mol. The average Bonchev–Trinajstić information content (AvgIpc) is 2.87. The Morgan fingerprint density at radius 2 is 2.10 bits per heavy atom. The second-order valence-corrected chi connectivity index (χ2v) is 4.25. The van der Waals surface area contributed by atoms with E-state index >= 15 is 0 Å². The second kappa shape index (κ2) is 4.65. The van der Waals surface area contributed by atoms with Crippen molar-refractivity contribution in [3.63, 3.8) is 0 Å². The number of carbonyl (C=O) groups excluding carboxylic acids is 1. The normalized spacial score (nSPS) is 10.7. The van der Waals surface area contributed by atoms with Gasteiger partial charge >= 0.3 is 5.97 Å². The lowest BCUT2D eigenvalue weighted by Crippen LogP contribution is -2.06. The maximum atomic E-state index is 11.5. The molecule has 3 rings (SSSR count). The van der Waals surface area contributed by atoms with E-state index in [1.807, 2.05) is 24.3 Å². The molecule has 20 heavy (non-hydrogen) atoms. The SMILES string of the molecule is COC(=O)c1nn(-c2cncc3ccccc23)cc1N. The molecule has 0 aliphatic carbocycles. The van der Waals surface area contributed by atoms with E-state index in [4.69, 9.17) is 5.73 Å². The standard InChI is InChI=1S/C14H12N4O2/c1-20-14(19)13-11(15)8-18(17-13)12-7-16-6-9-4-2-3-5-10(9)12/h2-8H,15H2,1H3. The Bertz CT molecular complexity index is 789. The topological polar surface area (TPSA) is 83.0 Å². The van der Waals surface area contributed by atoms with Gasteiger partial charge in [0.25, 0.3) is 0 Å². The van der Waals surface area contributed by atoms with Crippen LogP contribution in [-0.4, -0.2) is 27.8 Å². The Morgan fingerprint density at radius 3 is 2.90 bits per heavy atom. The van der Waals surface area contributed by atoms with Gasteiger partial charge in [-0.2, -0.15) is 5.10 Å². The number of nitrogens with zero attached hydrogens (tertiary/aromatic N) is 3. The van der Waals surface area contributed by atoms with E-state index in [0.717, 1.165) is 16.5 Å². The predicted molar refractivity (Wildman–Crippen MR) is 74.6 cm³/mol. The van der Waals surface area contributed by atoms with Crippen molar-refractivity contribution in [3.8, 4) is 5.69 Å². The molecule has 0 saturated heterocycles. The molecule has 6 nitrogen and oxygen atoms in total. The van der Waals surface area contributed by atoms with Crippen molar-refractivity contribution in [2.45, 2.75) is 0 Å². The van der Waals surface area contributed by atoms with Gasteiger partial charge < -0.3 is 10.5 Å². The summed E-state index contributed by atoms with van der Waals surface area (Å²) in [5.74, 6) is -0.561. The van der Waals surface area contributed by atoms with Crippen molar-refractivity contribution in [3.05, 3.63) is 48.5 Å². The van der Waals surface area contributed by atoms with E-state index in [2.05, 4.69) is 14.8 Å². The number of pyridine rings is 1. The molecule has 1 aromatic carbocycles. The highest BCUT2D eigenvalue weighted by Crippen LogP contribution is 2.22. The van der Waals surface area contributed by atoms with Crippen molar-refractivity contribution in [1.82, 2.24) is 14.8 Å². The van der Waals surface area contributed by atoms with Crippen LogP contribution in [0.25, 0.3) is 16.5 Å². The Labute approximate surface area is 114 Å². The van der Waals surface area contributed by atoms with Crippen LogP contribution in [0.1, 0.15) is 10.5 Å². The largest absolute Gasteiger partial charge is 0.464 e. The summed E-state index contributed by atoms with van der Waals surface area (Å²) in [6.45, 7) is 0. The van der Waals surface area contributed by atoms with Crippen LogP contribution in [0, 0.1) is 0 Å². The fourth-order valence-corrected chi connectivity index (χ4v) is 2.05. The molecule has 100 valence electrons. The second-order valence-electron chi connectivity index (χ2n) is 4.25. The third kappa shape index (κ3) is 1.87. The summed E-state index contributed by atoms with van der Waals surface area (Å²) in [5.41, 5.74) is 6.92. The van der Waals surface area contributed by atoms with Crippen molar-refractivity contribution in [2.24, 2.45) is 0 Å². The molecule has 0 unspecified atom stereocenters. The Kier molecular flexibility index (Phi) is 2.83. The Morgan fingerprint density at radius 1 is 1.30 bits per heavy atom. The first kappa shape index (κ1) is 12.2. The number of carbonyl (C=O) groups is 1. The minimum absolute atomic E-state index is 0.0976. The van der Waals surface area contributed by atoms with E-state index < -0.39 is 5.97 Å². The van der Waals surface area contributed by atoms with Crippen LogP contribution in [0.5, 0.6) is 0 Å². The molecule has 6 heteroatoms. The summed E-state index contributed by atoms with van der Waals surface area (Å²) in [5, 5.41) is 6.14. The molecule has 0 amide bonds. The van der Waals surface area contributed by atoms with Crippen LogP contribution in [-0.2, 0) is 4.74 Å². The number of benzene rings is 1. The third-order valence-corrected chi connectivity index (χ3v) is 3.02. The molecule has 2 aromatic heterocycles. The summed E-state index contributed by atoms with van der Waals surface area (Å²) in [6, 6.07) is 7.78. The summed E-state index contributed by atoms with van der Waals surface area (Å²) in [7, 11) is 1.29. The van der Waals surface area contributed by atoms with Gasteiger partial charge in [0, 0.05) is 17.0 Å². The van der Waals surface area contributed by atoms with Gasteiger partial charge in [-0.15, -0.1) is 0 Å². The molecule has 0 aliphatic rings. The zero-order chi connectivity index (χ0) is 14.1. The fourth-order valence-electron chi connectivity index (χ4n) is 2.05. The molecule has 0 spiro atoms. The number of aromatic nitrogens is 3. The maximum Gasteiger partial charge on any atom is 0.360 e. The molecule has 0 radical (unpaired) electrons. The number of esters is 1. The van der Waals surface area contributed by atoms with Crippen molar-refractivity contribution in [1.29, 1.82) is 0 Å². The number of hydrogen-bond acceptors (Lipinski definition) is 5. The smallest absolute Gasteiger partial charge is 0.360 e. The number of ether oxygens (including phenoxy) is 1. The van der Waals surface area contributed by atoms with Gasteiger partial charge in [-0.1, -0.05) is 24.3 Å². The third-order valence-electron chi connectivity index (χ3n) is 3.02. The quantitative estimate of drug-likeness (QED) is 0.716. The minimum atomic E-state index is -0.561. The lowest BCUT2D eigenvalue weighted by Gasteiger charge is -2.05. The molecule has 0 atom stereocenters. The molecule has 0 fully saturated rings. The summed E-state index contributed by atoms with van der Waals surface area (Å²) in [4.78, 5) is 15.7. The number of nitrogen functional groups attached to an aromatic ring is 1. The molecular formula is C14H12N4O2. The Balaban J connectivity index is 2.19. The van der Waals surface area contributed by atoms with Crippen molar-refractivity contribution < 1.29 is 9.53 Å². The number of rotatable bonds is 2. The lowest BCUT2D eigenvalue weighted by molar-refractivity contribution is 0.0594. The number of anilines is 1. The molecule has 0 bridgehead atoms. The zero-order valence-electron chi connectivity index (χ0n) is 10.8. The number of methoxy groups -OCH3 is 1. The minimum Gasteiger partial charge on any atom is -0.464 e. The van der Waals surface area contributed by atoms with Crippen LogP contribution in [0.4, 0.5) is 5.69 Å². The van der Waals surface area contributed by atoms with Crippen LogP contribution in [0.3, 0.4) is 0 Å². The molecule has 0 aliphatic heterocycles. The first-order chi connectivity index (χ1) is 9.70. The van der Waals surface area contributed by atoms with E-state index in [1.54, 1.807) is 18.6 Å². The van der Waals surface area contributed by atoms with Gasteiger partial charge in [-0.05, 0) is 0 Å². The fraction of sp³-hybridized carbons (Fsp3) is 0.0714. The molecule has 2 N–H and O–H groups in total. The highest BCUT2D eigenvalue weighted by Gasteiger charge is 2.16. The lowest BCUT2D eigenvalue weighted by atomic mass is 10.1. The highest BCUT2D eigenvalue weighted by molar-refractivity contribution is 5.93. The van der Waals surface area contributed by atoms with Gasteiger partial charge in [-0.3, -0.25) is 4.98 Å². The maximum absolute atomic E-state index is 11.5. The van der Waals surface area contributed by atoms with Crippen LogP contribution in [0.2, 0.25) is 0 Å². The van der Waals surface area contributed by atoms with Crippen LogP contribution < -0.4 is 5.73 Å². The van der Waals surface area contributed by atoms with Crippen LogP contribution in [0.15, 0.2) is 42.9 Å². The van der Waals surface area contributed by atoms with Crippen LogP contribution >= 0.6 is 0 Å². The number of fused-ring (bicyclic) bond motifs is 1. The predicted octanol–water partition coefficient (Wildman–Crippen LogP) is 1.79. The van der Waals surface area contributed by atoms with Gasteiger partial charge in [-0.25, -0.2) is 9.48 Å². The highest BCUT2D eigenvalue weighted by atomic mass is 16.5. The summed E-state index contributed by atoms with van der Waals surface area (Å²) in [6.07, 6.45) is 5.03. The Hall–Kier alpha value is -2.89. The van der Waals surface area contributed by atoms with Gasteiger partial charge in [0.05, 0.1) is 30.9 Å². The molecular weight excluding hydrogens is 256 g/mol. The molecule has 0 saturated carbocycles. The average molecular weight is 268 g/mol. The summed E-state index contributed by atoms with van der Waals surface area (Å²) >= 11 is 0. The van der Waals surface area contributed by atoms with E-state index in [1.165, 1.54) is 11.8 Å². The number of hydrogen-bond donors (Lipinski definition) is 1. The summed E-state index contributed by atoms with van der Waals surface area (Å²) < 4.78 is 6.18. The molecule has 3 aromatic rings. The number of nitrogens with two attached hydrogens (primary N) is 1. The van der Waals surface area contributed by atoms with E-state index in [0.29, 0.717) is 0 Å².